The lowest BCUT2D eigenvalue weighted by molar-refractivity contribution is 0.338. The van der Waals surface area contributed by atoms with Crippen molar-refractivity contribution in [1.29, 1.82) is 0 Å². The molecule has 1 aliphatic carbocycles. The number of hydrogen-bond acceptors (Lipinski definition) is 5. The van der Waals surface area contributed by atoms with Gasteiger partial charge >= 0.3 is 0 Å². The van der Waals surface area contributed by atoms with Gasteiger partial charge in [0, 0.05) is 17.8 Å². The van der Waals surface area contributed by atoms with E-state index in [2.05, 4.69) is 11.6 Å². The molecule has 2 rings (SSSR count). The highest BCUT2D eigenvalue weighted by Gasteiger charge is 2.23. The van der Waals surface area contributed by atoms with E-state index in [1.807, 2.05) is 23.9 Å². The van der Waals surface area contributed by atoms with Gasteiger partial charge in [-0.3, -0.25) is 0 Å². The molecule has 2 N–H and O–H groups in total. The number of thioether (sulfide) groups is 1. The van der Waals surface area contributed by atoms with Gasteiger partial charge in [0.05, 0.1) is 14.2 Å². The smallest absolute Gasteiger partial charge is 0.200 e. The van der Waals surface area contributed by atoms with Gasteiger partial charge in [-0.05, 0) is 43.2 Å². The van der Waals surface area contributed by atoms with Gasteiger partial charge in [-0.25, -0.2) is 0 Å². The Morgan fingerprint density at radius 1 is 1.25 bits per heavy atom. The molecule has 1 fully saturated rings. The Hall–Kier alpha value is -1.07. The predicted molar refractivity (Wildman–Crippen MR) is 83.0 cm³/mol. The zero-order valence-electron chi connectivity index (χ0n) is 12.3. The third-order valence-electron chi connectivity index (χ3n) is 3.85. The van der Waals surface area contributed by atoms with Crippen LogP contribution in [0.25, 0.3) is 0 Å². The first-order valence-corrected chi connectivity index (χ1v) is 8.16. The molecule has 0 radical (unpaired) electrons. The molecule has 1 saturated carbocycles. The maximum atomic E-state index is 9.89. The zero-order chi connectivity index (χ0) is 14.5. The second-order valence-corrected chi connectivity index (χ2v) is 6.24. The quantitative estimate of drug-likeness (QED) is 0.845. The second kappa shape index (κ2) is 7.09. The fourth-order valence-corrected chi connectivity index (χ4v) is 3.45. The van der Waals surface area contributed by atoms with E-state index in [1.165, 1.54) is 19.3 Å². The summed E-state index contributed by atoms with van der Waals surface area (Å²) in [6.45, 7) is 0.763. The number of phenolic OH excluding ortho intramolecular Hbond substituents is 1. The topological polar surface area (TPSA) is 50.7 Å². The summed E-state index contributed by atoms with van der Waals surface area (Å²) in [6.07, 6.45) is 5.94. The van der Waals surface area contributed by atoms with Crippen molar-refractivity contribution < 1.29 is 14.6 Å². The molecular weight excluding hydrogens is 274 g/mol. The number of phenols is 1. The molecule has 0 spiro atoms. The SMILES string of the molecule is COc1cc(CNC2CCC(SC)C2)cc(OC)c1O. The standard InChI is InChI=1S/C15H23NO3S/c1-18-13-6-10(7-14(19-2)15(13)17)9-16-11-4-5-12(8-11)20-3/h6-7,11-12,16-17H,4-5,8-9H2,1-3H3. The van der Waals surface area contributed by atoms with Crippen molar-refractivity contribution in [3.8, 4) is 17.2 Å². The van der Waals surface area contributed by atoms with Gasteiger partial charge < -0.3 is 19.9 Å². The van der Waals surface area contributed by atoms with Gasteiger partial charge in [0.25, 0.3) is 0 Å². The summed E-state index contributed by atoms with van der Waals surface area (Å²) in [5.41, 5.74) is 1.06. The molecule has 2 atom stereocenters. The summed E-state index contributed by atoms with van der Waals surface area (Å²) in [6, 6.07) is 4.29. The Labute approximate surface area is 124 Å². The van der Waals surface area contributed by atoms with E-state index in [0.717, 1.165) is 17.4 Å². The van der Waals surface area contributed by atoms with Gasteiger partial charge in [0.15, 0.2) is 11.5 Å². The fourth-order valence-electron chi connectivity index (χ4n) is 2.65. The number of nitrogens with one attached hydrogen (secondary N) is 1. The minimum Gasteiger partial charge on any atom is -0.502 e. The van der Waals surface area contributed by atoms with E-state index in [4.69, 9.17) is 9.47 Å². The van der Waals surface area contributed by atoms with Gasteiger partial charge in [0.1, 0.15) is 0 Å². The van der Waals surface area contributed by atoms with E-state index in [-0.39, 0.29) is 5.75 Å². The summed E-state index contributed by atoms with van der Waals surface area (Å²) in [4.78, 5) is 0. The fraction of sp³-hybridized carbons (Fsp3) is 0.600. The third kappa shape index (κ3) is 3.52. The highest BCUT2D eigenvalue weighted by molar-refractivity contribution is 7.99. The molecule has 0 aromatic heterocycles. The molecule has 1 aromatic carbocycles. The van der Waals surface area contributed by atoms with Crippen molar-refractivity contribution in [3.05, 3.63) is 17.7 Å². The van der Waals surface area contributed by atoms with Crippen molar-refractivity contribution >= 4 is 11.8 Å². The van der Waals surface area contributed by atoms with Crippen LogP contribution in [0, 0.1) is 0 Å². The summed E-state index contributed by atoms with van der Waals surface area (Å²) in [5, 5.41) is 14.3. The van der Waals surface area contributed by atoms with Crippen molar-refractivity contribution in [3.63, 3.8) is 0 Å². The van der Waals surface area contributed by atoms with Crippen molar-refractivity contribution in [2.45, 2.75) is 37.1 Å². The lowest BCUT2D eigenvalue weighted by Gasteiger charge is -2.15. The minimum atomic E-state index is 0.0575. The Morgan fingerprint density at radius 3 is 2.40 bits per heavy atom. The van der Waals surface area contributed by atoms with Crippen LogP contribution in [0.3, 0.4) is 0 Å². The molecule has 2 unspecified atom stereocenters. The molecule has 1 aromatic rings. The van der Waals surface area contributed by atoms with Crippen LogP contribution in [0.1, 0.15) is 24.8 Å². The first-order valence-electron chi connectivity index (χ1n) is 6.88. The normalized spacial score (nSPS) is 21.9. The average molecular weight is 297 g/mol. The molecule has 0 bridgehead atoms. The predicted octanol–water partition coefficient (Wildman–Crippen LogP) is 2.78. The molecule has 4 nitrogen and oxygen atoms in total. The van der Waals surface area contributed by atoms with Crippen molar-refractivity contribution in [2.24, 2.45) is 0 Å². The largest absolute Gasteiger partial charge is 0.502 e. The van der Waals surface area contributed by atoms with Crippen LogP contribution in [0.15, 0.2) is 12.1 Å². The first kappa shape index (κ1) is 15.3. The lowest BCUT2D eigenvalue weighted by atomic mass is 10.1. The van der Waals surface area contributed by atoms with Crippen LogP contribution >= 0.6 is 11.8 Å². The molecule has 0 amide bonds. The Morgan fingerprint density at radius 2 is 1.90 bits per heavy atom. The Balaban J connectivity index is 1.99. The Kier molecular flexibility index (Phi) is 5.43. The summed E-state index contributed by atoms with van der Waals surface area (Å²) < 4.78 is 10.3. The monoisotopic (exact) mass is 297 g/mol. The third-order valence-corrected chi connectivity index (χ3v) is 4.95. The number of hydrogen-bond donors (Lipinski definition) is 2. The molecule has 0 saturated heterocycles. The molecule has 0 heterocycles. The second-order valence-electron chi connectivity index (χ2n) is 5.10. The van der Waals surface area contributed by atoms with Gasteiger partial charge in [-0.1, -0.05) is 0 Å². The van der Waals surface area contributed by atoms with E-state index >= 15 is 0 Å². The van der Waals surface area contributed by atoms with Crippen LogP contribution in [-0.4, -0.2) is 36.9 Å². The minimum absolute atomic E-state index is 0.0575. The number of methoxy groups -OCH3 is 2. The average Bonchev–Trinajstić information content (AvgIpc) is 2.94. The van der Waals surface area contributed by atoms with Crippen LogP contribution in [0.4, 0.5) is 0 Å². The summed E-state index contributed by atoms with van der Waals surface area (Å²) >= 11 is 1.96. The zero-order valence-corrected chi connectivity index (χ0v) is 13.1. The molecule has 0 aliphatic heterocycles. The van der Waals surface area contributed by atoms with Gasteiger partial charge in [0.2, 0.25) is 5.75 Å². The molecule has 5 heteroatoms. The highest BCUT2D eigenvalue weighted by atomic mass is 32.2. The Bertz CT molecular complexity index is 428. The summed E-state index contributed by atoms with van der Waals surface area (Å²) in [5.74, 6) is 0.964. The number of rotatable bonds is 6. The molecular formula is C15H23NO3S. The van der Waals surface area contributed by atoms with E-state index in [1.54, 1.807) is 14.2 Å². The van der Waals surface area contributed by atoms with Crippen LogP contribution in [-0.2, 0) is 6.54 Å². The van der Waals surface area contributed by atoms with E-state index in [9.17, 15) is 5.11 Å². The number of benzene rings is 1. The molecule has 20 heavy (non-hydrogen) atoms. The van der Waals surface area contributed by atoms with Crippen molar-refractivity contribution in [2.75, 3.05) is 20.5 Å². The number of ether oxygens (including phenoxy) is 2. The van der Waals surface area contributed by atoms with E-state index < -0.39 is 0 Å². The highest BCUT2D eigenvalue weighted by Crippen LogP contribution is 2.37. The maximum absolute atomic E-state index is 9.89. The molecule has 1 aliphatic rings. The number of aromatic hydroxyl groups is 1. The van der Waals surface area contributed by atoms with Gasteiger partial charge in [-0.15, -0.1) is 0 Å². The first-order chi connectivity index (χ1) is 9.67. The van der Waals surface area contributed by atoms with E-state index in [0.29, 0.717) is 17.5 Å². The molecule has 112 valence electrons. The lowest BCUT2D eigenvalue weighted by Crippen LogP contribution is -2.26. The summed E-state index contributed by atoms with van der Waals surface area (Å²) in [7, 11) is 3.09. The van der Waals surface area contributed by atoms with Crippen molar-refractivity contribution in [1.82, 2.24) is 5.32 Å². The van der Waals surface area contributed by atoms with Gasteiger partial charge in [-0.2, -0.15) is 11.8 Å². The van der Waals surface area contributed by atoms with Crippen LogP contribution in [0.2, 0.25) is 0 Å². The van der Waals surface area contributed by atoms with Crippen LogP contribution in [0.5, 0.6) is 17.2 Å². The maximum Gasteiger partial charge on any atom is 0.200 e. The van der Waals surface area contributed by atoms with Crippen LogP contribution < -0.4 is 14.8 Å².